The monoisotopic (exact) mass is 294 g/mol. The molecule has 20 heavy (non-hydrogen) atoms. The van der Waals surface area contributed by atoms with Crippen molar-refractivity contribution in [3.63, 3.8) is 0 Å². The molecule has 5 nitrogen and oxygen atoms in total. The van der Waals surface area contributed by atoms with Crippen LogP contribution in [0.2, 0.25) is 0 Å². The average molecular weight is 294 g/mol. The lowest BCUT2D eigenvalue weighted by molar-refractivity contribution is -0.155. The van der Waals surface area contributed by atoms with Crippen molar-refractivity contribution < 1.29 is 14.3 Å². The van der Waals surface area contributed by atoms with E-state index in [0.717, 1.165) is 15.1 Å². The standard InChI is InChI=1S/C14H18N2O3S/c1-8-6-10-13(20-8)12(9(2)17)15-16(10)7-11(18)19-14(3,4)5/h6H,7H2,1-5H3. The van der Waals surface area contributed by atoms with Gasteiger partial charge in [-0.15, -0.1) is 11.3 Å². The molecule has 0 fully saturated rings. The summed E-state index contributed by atoms with van der Waals surface area (Å²) in [6, 6.07) is 1.93. The molecule has 6 heteroatoms. The first-order valence-corrected chi connectivity index (χ1v) is 7.19. The highest BCUT2D eigenvalue weighted by molar-refractivity contribution is 7.19. The lowest BCUT2D eigenvalue weighted by atomic mass is 10.2. The Kier molecular flexibility index (Phi) is 3.69. The van der Waals surface area contributed by atoms with Gasteiger partial charge in [-0.1, -0.05) is 0 Å². The van der Waals surface area contributed by atoms with Gasteiger partial charge in [0, 0.05) is 11.8 Å². The van der Waals surface area contributed by atoms with E-state index in [1.54, 1.807) is 4.68 Å². The molecule has 108 valence electrons. The Bertz CT molecular complexity index is 676. The number of rotatable bonds is 3. The van der Waals surface area contributed by atoms with Crippen LogP contribution >= 0.6 is 11.3 Å². The van der Waals surface area contributed by atoms with Crippen molar-refractivity contribution in [2.24, 2.45) is 0 Å². The highest BCUT2D eigenvalue weighted by Crippen LogP contribution is 2.28. The van der Waals surface area contributed by atoms with Gasteiger partial charge in [-0.2, -0.15) is 5.10 Å². The first-order valence-electron chi connectivity index (χ1n) is 6.37. The summed E-state index contributed by atoms with van der Waals surface area (Å²) in [4.78, 5) is 24.6. The van der Waals surface area contributed by atoms with Crippen LogP contribution in [0.25, 0.3) is 10.2 Å². The van der Waals surface area contributed by atoms with Crippen LogP contribution in [0.5, 0.6) is 0 Å². The maximum absolute atomic E-state index is 11.9. The van der Waals surface area contributed by atoms with Gasteiger partial charge in [0.2, 0.25) is 0 Å². The van der Waals surface area contributed by atoms with Crippen LogP contribution in [0.3, 0.4) is 0 Å². The van der Waals surface area contributed by atoms with Crippen LogP contribution in [0.15, 0.2) is 6.07 Å². The second-order valence-electron chi connectivity index (χ2n) is 5.72. The van der Waals surface area contributed by atoms with Crippen molar-refractivity contribution in [3.8, 4) is 0 Å². The predicted octanol–water partition coefficient (Wildman–Crippen LogP) is 2.95. The van der Waals surface area contributed by atoms with Gasteiger partial charge >= 0.3 is 5.97 Å². The Hall–Kier alpha value is -1.69. The molecule has 0 unspecified atom stereocenters. The fraction of sp³-hybridized carbons (Fsp3) is 0.500. The van der Waals surface area contributed by atoms with Crippen molar-refractivity contribution in [3.05, 3.63) is 16.6 Å². The summed E-state index contributed by atoms with van der Waals surface area (Å²) < 4.78 is 7.66. The molecule has 0 aliphatic carbocycles. The SMILES string of the molecule is CC(=O)c1nn(CC(=O)OC(C)(C)C)c2cc(C)sc12. The number of aromatic nitrogens is 2. The molecule has 2 heterocycles. The fourth-order valence-electron chi connectivity index (χ4n) is 1.93. The van der Waals surface area contributed by atoms with Crippen LogP contribution in [0, 0.1) is 6.92 Å². The van der Waals surface area contributed by atoms with E-state index in [4.69, 9.17) is 4.74 Å². The first kappa shape index (κ1) is 14.7. The Balaban J connectivity index is 2.35. The molecular formula is C14H18N2O3S. The summed E-state index contributed by atoms with van der Waals surface area (Å²) in [6.45, 7) is 8.91. The van der Waals surface area contributed by atoms with E-state index in [9.17, 15) is 9.59 Å². The zero-order valence-corrected chi connectivity index (χ0v) is 13.1. The van der Waals surface area contributed by atoms with E-state index >= 15 is 0 Å². The number of hydrogen-bond acceptors (Lipinski definition) is 5. The first-order chi connectivity index (χ1) is 9.17. The fourth-order valence-corrected chi connectivity index (χ4v) is 2.97. The maximum atomic E-state index is 11.9. The number of aryl methyl sites for hydroxylation is 1. The molecule has 0 N–H and O–H groups in total. The molecule has 0 spiro atoms. The Labute approximate surface area is 121 Å². The molecule has 0 amide bonds. The molecule has 0 aliphatic heterocycles. The van der Waals surface area contributed by atoms with Gasteiger partial charge in [-0.3, -0.25) is 14.3 Å². The third kappa shape index (κ3) is 3.07. The van der Waals surface area contributed by atoms with E-state index in [-0.39, 0.29) is 18.3 Å². The summed E-state index contributed by atoms with van der Waals surface area (Å²) >= 11 is 1.51. The van der Waals surface area contributed by atoms with E-state index in [1.165, 1.54) is 18.3 Å². The topological polar surface area (TPSA) is 61.2 Å². The van der Waals surface area contributed by atoms with Gasteiger partial charge in [-0.25, -0.2) is 0 Å². The highest BCUT2D eigenvalue weighted by atomic mass is 32.1. The number of Topliss-reactive ketones (excluding diaryl/α,β-unsaturated/α-hetero) is 1. The number of hydrogen-bond donors (Lipinski definition) is 0. The summed E-state index contributed by atoms with van der Waals surface area (Å²) in [6.07, 6.45) is 0. The minimum absolute atomic E-state index is 0.0111. The summed E-state index contributed by atoms with van der Waals surface area (Å²) in [7, 11) is 0. The van der Waals surface area contributed by atoms with Crippen molar-refractivity contribution >= 4 is 33.3 Å². The third-order valence-corrected chi connectivity index (χ3v) is 3.63. The molecule has 0 aromatic carbocycles. The van der Waals surface area contributed by atoms with E-state index in [1.807, 2.05) is 33.8 Å². The number of carbonyl (C=O) groups excluding carboxylic acids is 2. The normalized spacial score (nSPS) is 11.8. The Morgan fingerprint density at radius 1 is 1.40 bits per heavy atom. The number of ketones is 1. The van der Waals surface area contributed by atoms with Crippen LogP contribution < -0.4 is 0 Å². The minimum atomic E-state index is -0.530. The molecule has 0 atom stereocenters. The summed E-state index contributed by atoms with van der Waals surface area (Å²) in [5.74, 6) is -0.458. The van der Waals surface area contributed by atoms with Gasteiger partial charge in [0.05, 0.1) is 10.2 Å². The second-order valence-corrected chi connectivity index (χ2v) is 6.98. The highest BCUT2D eigenvalue weighted by Gasteiger charge is 2.21. The summed E-state index contributed by atoms with van der Waals surface area (Å²) in [5.41, 5.74) is 0.697. The Morgan fingerprint density at radius 2 is 2.05 bits per heavy atom. The van der Waals surface area contributed by atoms with Crippen LogP contribution in [-0.4, -0.2) is 27.1 Å². The van der Waals surface area contributed by atoms with Gasteiger partial charge in [0.15, 0.2) is 5.78 Å². The summed E-state index contributed by atoms with van der Waals surface area (Å²) in [5, 5.41) is 4.24. The van der Waals surface area contributed by atoms with Crippen LogP contribution in [0.1, 0.15) is 43.1 Å². The second kappa shape index (κ2) is 5.01. The molecule has 0 bridgehead atoms. The lowest BCUT2D eigenvalue weighted by Crippen LogP contribution is -2.26. The molecule has 2 rings (SSSR count). The van der Waals surface area contributed by atoms with Crippen molar-refractivity contribution in [1.29, 1.82) is 0 Å². The van der Waals surface area contributed by atoms with Crippen LogP contribution in [0.4, 0.5) is 0 Å². The number of esters is 1. The largest absolute Gasteiger partial charge is 0.459 e. The average Bonchev–Trinajstić information content (AvgIpc) is 2.74. The Morgan fingerprint density at radius 3 is 2.60 bits per heavy atom. The number of carbonyl (C=O) groups is 2. The van der Waals surface area contributed by atoms with Crippen molar-refractivity contribution in [1.82, 2.24) is 9.78 Å². The molecule has 2 aromatic heterocycles. The predicted molar refractivity (Wildman–Crippen MR) is 78.2 cm³/mol. The lowest BCUT2D eigenvalue weighted by Gasteiger charge is -2.19. The molecule has 0 aliphatic rings. The molecule has 2 aromatic rings. The van der Waals surface area contributed by atoms with E-state index < -0.39 is 5.60 Å². The third-order valence-electron chi connectivity index (χ3n) is 2.58. The molecule has 0 saturated carbocycles. The number of fused-ring (bicyclic) bond motifs is 1. The van der Waals surface area contributed by atoms with Crippen LogP contribution in [-0.2, 0) is 16.1 Å². The zero-order chi connectivity index (χ0) is 15.1. The number of ether oxygens (including phenoxy) is 1. The van der Waals surface area contributed by atoms with Gasteiger partial charge in [0.25, 0.3) is 0 Å². The maximum Gasteiger partial charge on any atom is 0.328 e. The zero-order valence-electron chi connectivity index (χ0n) is 12.3. The minimum Gasteiger partial charge on any atom is -0.459 e. The van der Waals surface area contributed by atoms with Crippen molar-refractivity contribution in [2.75, 3.05) is 0 Å². The number of thiophene rings is 1. The van der Waals surface area contributed by atoms with E-state index in [2.05, 4.69) is 5.10 Å². The molecule has 0 radical (unpaired) electrons. The molecule has 0 saturated heterocycles. The molecular weight excluding hydrogens is 276 g/mol. The number of nitrogens with zero attached hydrogens (tertiary/aromatic N) is 2. The van der Waals surface area contributed by atoms with E-state index in [0.29, 0.717) is 5.69 Å². The van der Waals surface area contributed by atoms with Crippen molar-refractivity contribution in [2.45, 2.75) is 46.8 Å². The quantitative estimate of drug-likeness (QED) is 0.645. The van der Waals surface area contributed by atoms with Gasteiger partial charge < -0.3 is 4.74 Å². The van der Waals surface area contributed by atoms with Gasteiger partial charge in [0.1, 0.15) is 17.8 Å². The smallest absolute Gasteiger partial charge is 0.328 e. The van der Waals surface area contributed by atoms with Gasteiger partial charge in [-0.05, 0) is 33.8 Å².